The molecule has 140 valence electrons. The molecule has 0 saturated carbocycles. The summed E-state index contributed by atoms with van der Waals surface area (Å²) >= 11 is 0. The van der Waals surface area contributed by atoms with Crippen LogP contribution in [0.4, 0.5) is 20.6 Å². The van der Waals surface area contributed by atoms with Gasteiger partial charge >= 0.3 is 6.03 Å². The topological polar surface area (TPSA) is 79.9 Å². The fourth-order valence-electron chi connectivity index (χ4n) is 3.23. The van der Waals surface area contributed by atoms with Crippen LogP contribution in [0, 0.1) is 5.82 Å². The lowest BCUT2D eigenvalue weighted by atomic mass is 10.2. The summed E-state index contributed by atoms with van der Waals surface area (Å²) in [4.78, 5) is 26.6. The Morgan fingerprint density at radius 2 is 1.89 bits per heavy atom. The summed E-state index contributed by atoms with van der Waals surface area (Å²) in [6.07, 6.45) is 1.24. The molecule has 0 aromatic heterocycles. The highest BCUT2D eigenvalue weighted by Gasteiger charge is 2.34. The minimum absolute atomic E-state index is 0.0873. The molecule has 0 radical (unpaired) electrons. The number of ether oxygens (including phenoxy) is 2. The lowest BCUT2D eigenvalue weighted by Crippen LogP contribution is -2.45. The van der Waals surface area contributed by atoms with E-state index in [-0.39, 0.29) is 18.4 Å². The van der Waals surface area contributed by atoms with E-state index in [1.807, 2.05) is 0 Å². The highest BCUT2D eigenvalue weighted by molar-refractivity contribution is 5.99. The number of urea groups is 1. The molecule has 1 atom stereocenters. The first kappa shape index (κ1) is 17.1. The highest BCUT2D eigenvalue weighted by Crippen LogP contribution is 2.34. The molecule has 0 bridgehead atoms. The smallest absolute Gasteiger partial charge is 0.322 e. The van der Waals surface area contributed by atoms with Crippen LogP contribution in [0.1, 0.15) is 12.8 Å². The van der Waals surface area contributed by atoms with Gasteiger partial charge in [0.2, 0.25) is 12.7 Å². The largest absolute Gasteiger partial charge is 0.454 e. The SMILES string of the molecule is O=C(Nc1ccc2c(c1)OCO2)[C@@H]1CCCN1C(=O)Nc1ccccc1F. The minimum atomic E-state index is -0.623. The normalized spacial score (nSPS) is 17.7. The number of fused-ring (bicyclic) bond motifs is 1. The Hall–Kier alpha value is -3.29. The van der Waals surface area contributed by atoms with E-state index in [4.69, 9.17) is 9.47 Å². The zero-order chi connectivity index (χ0) is 18.8. The van der Waals surface area contributed by atoms with Gasteiger partial charge in [-0.05, 0) is 37.1 Å². The Labute approximate surface area is 155 Å². The molecule has 1 fully saturated rings. The molecule has 27 heavy (non-hydrogen) atoms. The van der Waals surface area contributed by atoms with Gasteiger partial charge in [-0.3, -0.25) is 4.79 Å². The maximum atomic E-state index is 13.8. The van der Waals surface area contributed by atoms with Gasteiger partial charge < -0.3 is 25.0 Å². The summed E-state index contributed by atoms with van der Waals surface area (Å²) in [5.41, 5.74) is 0.648. The van der Waals surface area contributed by atoms with Crippen molar-refractivity contribution in [2.24, 2.45) is 0 Å². The van der Waals surface area contributed by atoms with Gasteiger partial charge in [-0.15, -0.1) is 0 Å². The minimum Gasteiger partial charge on any atom is -0.454 e. The van der Waals surface area contributed by atoms with Gasteiger partial charge in [-0.25, -0.2) is 9.18 Å². The van der Waals surface area contributed by atoms with Crippen molar-refractivity contribution in [1.82, 2.24) is 4.90 Å². The average Bonchev–Trinajstić information content (AvgIpc) is 3.32. The number of hydrogen-bond acceptors (Lipinski definition) is 4. The van der Waals surface area contributed by atoms with Crippen LogP contribution in [0.5, 0.6) is 11.5 Å². The number of nitrogens with zero attached hydrogens (tertiary/aromatic N) is 1. The zero-order valence-corrected chi connectivity index (χ0v) is 14.4. The summed E-state index contributed by atoms with van der Waals surface area (Å²) in [6, 6.07) is 9.91. The van der Waals surface area contributed by atoms with E-state index >= 15 is 0 Å². The summed E-state index contributed by atoms with van der Waals surface area (Å²) in [5.74, 6) is 0.370. The van der Waals surface area contributed by atoms with Crippen LogP contribution in [-0.4, -0.2) is 36.2 Å². The van der Waals surface area contributed by atoms with Gasteiger partial charge in [-0.1, -0.05) is 12.1 Å². The first-order valence-corrected chi connectivity index (χ1v) is 8.64. The number of rotatable bonds is 3. The maximum Gasteiger partial charge on any atom is 0.322 e. The first-order chi connectivity index (χ1) is 13.1. The van der Waals surface area contributed by atoms with E-state index in [2.05, 4.69) is 10.6 Å². The van der Waals surface area contributed by atoms with Crippen LogP contribution in [0.2, 0.25) is 0 Å². The molecule has 0 unspecified atom stereocenters. The van der Waals surface area contributed by atoms with Gasteiger partial charge in [0.15, 0.2) is 11.5 Å². The Kier molecular flexibility index (Phi) is 4.53. The molecule has 0 aliphatic carbocycles. The van der Waals surface area contributed by atoms with E-state index < -0.39 is 17.9 Å². The van der Waals surface area contributed by atoms with Gasteiger partial charge in [0.25, 0.3) is 0 Å². The quantitative estimate of drug-likeness (QED) is 0.868. The number of halogens is 1. The van der Waals surface area contributed by atoms with E-state index in [1.54, 1.807) is 30.3 Å². The van der Waals surface area contributed by atoms with Crippen molar-refractivity contribution in [2.75, 3.05) is 24.0 Å². The number of nitrogens with one attached hydrogen (secondary N) is 2. The molecule has 2 heterocycles. The van der Waals surface area contributed by atoms with Crippen molar-refractivity contribution in [3.8, 4) is 11.5 Å². The van der Waals surface area contributed by atoms with Crippen molar-refractivity contribution >= 4 is 23.3 Å². The molecule has 7 nitrogen and oxygen atoms in total. The zero-order valence-electron chi connectivity index (χ0n) is 14.4. The first-order valence-electron chi connectivity index (χ1n) is 8.64. The molecule has 0 spiro atoms. The number of hydrogen-bond donors (Lipinski definition) is 2. The molecule has 8 heteroatoms. The van der Waals surface area contributed by atoms with Gasteiger partial charge in [0, 0.05) is 18.3 Å². The van der Waals surface area contributed by atoms with Crippen LogP contribution in [0.25, 0.3) is 0 Å². The van der Waals surface area contributed by atoms with Crippen LogP contribution in [0.3, 0.4) is 0 Å². The van der Waals surface area contributed by atoms with E-state index in [0.717, 1.165) is 0 Å². The molecule has 1 saturated heterocycles. The van der Waals surface area contributed by atoms with Gasteiger partial charge in [0.1, 0.15) is 11.9 Å². The predicted molar refractivity (Wildman–Crippen MR) is 96.3 cm³/mol. The summed E-state index contributed by atoms with van der Waals surface area (Å²) < 4.78 is 24.3. The average molecular weight is 371 g/mol. The van der Waals surface area contributed by atoms with Crippen molar-refractivity contribution in [3.05, 3.63) is 48.3 Å². The maximum absolute atomic E-state index is 13.8. The van der Waals surface area contributed by atoms with Gasteiger partial charge in [-0.2, -0.15) is 0 Å². The third-order valence-electron chi connectivity index (χ3n) is 4.57. The number of carbonyl (C=O) groups is 2. The summed E-state index contributed by atoms with van der Waals surface area (Å²) in [6.45, 7) is 0.582. The molecule has 2 aliphatic rings. The molecule has 2 aliphatic heterocycles. The Balaban J connectivity index is 1.43. The molecule has 4 rings (SSSR count). The molecule has 3 amide bonds. The second-order valence-corrected chi connectivity index (χ2v) is 6.32. The van der Waals surface area contributed by atoms with Crippen molar-refractivity contribution in [3.63, 3.8) is 0 Å². The van der Waals surface area contributed by atoms with E-state index in [1.165, 1.54) is 17.0 Å². The van der Waals surface area contributed by atoms with Gasteiger partial charge in [0.05, 0.1) is 5.69 Å². The Morgan fingerprint density at radius 3 is 2.74 bits per heavy atom. The number of para-hydroxylation sites is 1. The monoisotopic (exact) mass is 371 g/mol. The summed E-state index contributed by atoms with van der Waals surface area (Å²) in [5, 5.41) is 5.33. The number of likely N-dealkylation sites (tertiary alicyclic amines) is 1. The second kappa shape index (κ2) is 7.14. The highest BCUT2D eigenvalue weighted by atomic mass is 19.1. The fraction of sp³-hybridized carbons (Fsp3) is 0.263. The standard InChI is InChI=1S/C19H18FN3O4/c20-13-4-1-2-5-14(13)22-19(25)23-9-3-6-15(23)18(24)21-12-7-8-16-17(10-12)27-11-26-16/h1-2,4-5,7-8,10,15H,3,6,9,11H2,(H,21,24)(H,22,25)/t15-/m0/s1. The number of anilines is 2. The lowest BCUT2D eigenvalue weighted by Gasteiger charge is -2.24. The van der Waals surface area contributed by atoms with Crippen molar-refractivity contribution in [1.29, 1.82) is 0 Å². The van der Waals surface area contributed by atoms with Crippen molar-refractivity contribution in [2.45, 2.75) is 18.9 Å². The Morgan fingerprint density at radius 1 is 1.07 bits per heavy atom. The molecular formula is C19H18FN3O4. The molecule has 2 aromatic rings. The Bertz CT molecular complexity index is 889. The van der Waals surface area contributed by atoms with Crippen LogP contribution >= 0.6 is 0 Å². The van der Waals surface area contributed by atoms with Crippen LogP contribution in [0.15, 0.2) is 42.5 Å². The van der Waals surface area contributed by atoms with E-state index in [9.17, 15) is 14.0 Å². The molecule has 2 aromatic carbocycles. The fourth-order valence-corrected chi connectivity index (χ4v) is 3.23. The number of amides is 3. The third-order valence-corrected chi connectivity index (χ3v) is 4.57. The van der Waals surface area contributed by atoms with Crippen LogP contribution in [-0.2, 0) is 4.79 Å². The lowest BCUT2D eigenvalue weighted by molar-refractivity contribution is -0.119. The predicted octanol–water partition coefficient (Wildman–Crippen LogP) is 3.19. The van der Waals surface area contributed by atoms with Crippen LogP contribution < -0.4 is 20.1 Å². The van der Waals surface area contributed by atoms with Crippen molar-refractivity contribution < 1.29 is 23.5 Å². The van der Waals surface area contributed by atoms with E-state index in [0.29, 0.717) is 36.6 Å². The number of carbonyl (C=O) groups excluding carboxylic acids is 2. The molecular weight excluding hydrogens is 353 g/mol. The molecule has 2 N–H and O–H groups in total. The third kappa shape index (κ3) is 3.51. The number of benzene rings is 2. The summed E-state index contributed by atoms with van der Waals surface area (Å²) in [7, 11) is 0. The second-order valence-electron chi connectivity index (χ2n) is 6.32.